The van der Waals surface area contributed by atoms with Gasteiger partial charge in [0.15, 0.2) is 44.0 Å². The SMILES string of the molecule is CC(=O)N[C@H]1[C@H](O[C@H]2[C@@H](O)[C@@H](CO)OC(O)[C@@H]2O)O[C@H](COS(=O)(=O)O)[C@@H](O[C@@H]2O[C@H](COS(=O)(=O)O)[C@H](O)[C@H](O[C@@H]3O[C@H](COS(=O)(=O)O)[C@@H](O[C@@H]4O[C@H](CO)[C@H](O)[C@H](O[C@@H]5O[C@H](COS(=O)(=O)O)[C@@H](O)[C@H](O)[C@H]5NC(C)=O)[C@H]4O)[C@H](O[C@@H]4O[C@@H](C)[C@@H](O)[C@@H](O)[C@@H]4O)[C@H]3NC(C)=O)[C@H]2O)[C@@H]1O. The Morgan fingerprint density at radius 3 is 1.07 bits per heavy atom. The lowest BCUT2D eigenvalue weighted by Gasteiger charge is -2.52. The van der Waals surface area contributed by atoms with Crippen molar-refractivity contribution in [2.75, 3.05) is 39.6 Å². The molecule has 0 aliphatic carbocycles. The van der Waals surface area contributed by atoms with Gasteiger partial charge in [0.25, 0.3) is 0 Å². The zero-order chi connectivity index (χ0) is 76.3. The molecule has 7 aliphatic heterocycles. The molecular formula is C48H81N3O47S4. The molecule has 54 heteroatoms. The Balaban J connectivity index is 1.31. The molecule has 0 aromatic rings. The van der Waals surface area contributed by atoms with Gasteiger partial charge in [0.1, 0.15) is 165 Å². The van der Waals surface area contributed by atoms with E-state index in [-0.39, 0.29) is 0 Å². The van der Waals surface area contributed by atoms with Crippen molar-refractivity contribution >= 4 is 59.3 Å². The van der Waals surface area contributed by atoms with Gasteiger partial charge in [-0.1, -0.05) is 0 Å². The molecular weight excluding hydrogens is 1500 g/mol. The highest BCUT2D eigenvalue weighted by Crippen LogP contribution is 2.40. The molecule has 0 aromatic heterocycles. The quantitative estimate of drug-likeness (QED) is 0.0309. The second kappa shape index (κ2) is 35.4. The minimum atomic E-state index is -5.72. The van der Waals surface area contributed by atoms with Crippen LogP contribution in [0.4, 0.5) is 0 Å². The van der Waals surface area contributed by atoms with Crippen LogP contribution in [-0.4, -0.2) is 401 Å². The molecule has 102 heavy (non-hydrogen) atoms. The van der Waals surface area contributed by atoms with Crippen LogP contribution in [-0.2, 0) is 134 Å². The Morgan fingerprint density at radius 1 is 0.314 bits per heavy atom. The maximum Gasteiger partial charge on any atom is 0.397 e. The molecule has 0 spiro atoms. The summed E-state index contributed by atoms with van der Waals surface area (Å²) in [6, 6.07) is -6.40. The van der Waals surface area contributed by atoms with E-state index in [2.05, 4.69) is 32.7 Å². The average Bonchev–Trinajstić information content (AvgIpc) is 0.767. The molecule has 7 saturated heterocycles. The van der Waals surface area contributed by atoms with Crippen LogP contribution in [0.15, 0.2) is 0 Å². The number of amides is 3. The van der Waals surface area contributed by atoms with Gasteiger partial charge in [0.05, 0.1) is 45.7 Å². The van der Waals surface area contributed by atoms with Crippen LogP contribution < -0.4 is 16.0 Å². The second-order valence-corrected chi connectivity index (χ2v) is 28.2. The number of carbonyl (C=O) groups is 3. The van der Waals surface area contributed by atoms with Crippen LogP contribution in [0.1, 0.15) is 27.7 Å². The highest BCUT2D eigenvalue weighted by Gasteiger charge is 2.61. The number of hydrogen-bond acceptors (Lipinski definition) is 43. The van der Waals surface area contributed by atoms with E-state index in [1.54, 1.807) is 0 Å². The van der Waals surface area contributed by atoms with Gasteiger partial charge in [-0.3, -0.25) is 32.6 Å². The number of aliphatic hydroxyl groups is 15. The normalized spacial score (nSPS) is 44.1. The predicted octanol–water partition coefficient (Wildman–Crippen LogP) is -15.5. The van der Waals surface area contributed by atoms with Crippen molar-refractivity contribution in [1.82, 2.24) is 16.0 Å². The summed E-state index contributed by atoms with van der Waals surface area (Å²) in [5.41, 5.74) is 0. The first-order valence-corrected chi connectivity index (χ1v) is 35.6. The fourth-order valence-electron chi connectivity index (χ4n) is 11.7. The lowest BCUT2D eigenvalue weighted by molar-refractivity contribution is -0.395. The van der Waals surface area contributed by atoms with E-state index in [0.29, 0.717) is 0 Å². The van der Waals surface area contributed by atoms with Gasteiger partial charge >= 0.3 is 41.6 Å². The Kier molecular flexibility index (Phi) is 29.9. The number of ether oxygens (including phenoxy) is 13. The molecule has 7 aliphatic rings. The predicted molar refractivity (Wildman–Crippen MR) is 307 cm³/mol. The highest BCUT2D eigenvalue weighted by molar-refractivity contribution is 7.81. The third kappa shape index (κ3) is 22.0. The van der Waals surface area contributed by atoms with Crippen LogP contribution in [0.3, 0.4) is 0 Å². The fourth-order valence-corrected chi connectivity index (χ4v) is 12.9. The Bertz CT molecular complexity index is 3240. The Hall–Kier alpha value is -3.23. The molecule has 3 amide bonds. The number of hydrogen-bond donors (Lipinski definition) is 22. The molecule has 0 saturated carbocycles. The first-order chi connectivity index (χ1) is 47.2. The topological polar surface area (TPSA) is 765 Å². The molecule has 1 unspecified atom stereocenters. The Labute approximate surface area is 576 Å². The third-order valence-corrected chi connectivity index (χ3v) is 18.3. The van der Waals surface area contributed by atoms with Crippen LogP contribution in [0, 0.1) is 0 Å². The first-order valence-electron chi connectivity index (χ1n) is 30.1. The van der Waals surface area contributed by atoms with Crippen LogP contribution >= 0.6 is 0 Å². The van der Waals surface area contributed by atoms with Crippen molar-refractivity contribution in [1.29, 1.82) is 0 Å². The van der Waals surface area contributed by atoms with E-state index in [4.69, 9.17) is 61.6 Å². The summed E-state index contributed by atoms with van der Waals surface area (Å²) in [6.45, 7) is -4.71. The monoisotopic (exact) mass is 1580 g/mol. The van der Waals surface area contributed by atoms with Crippen molar-refractivity contribution < 1.29 is 221 Å². The molecule has 594 valence electrons. The maximum absolute atomic E-state index is 13.5. The summed E-state index contributed by atoms with van der Waals surface area (Å²) in [6.07, 6.45) is -73.9. The van der Waals surface area contributed by atoms with Gasteiger partial charge in [-0.15, -0.1) is 0 Å². The zero-order valence-electron chi connectivity index (χ0n) is 53.0. The van der Waals surface area contributed by atoms with Gasteiger partial charge in [-0.2, -0.15) is 33.7 Å². The second-order valence-electron chi connectivity index (χ2n) is 23.9. The van der Waals surface area contributed by atoms with Gasteiger partial charge in [-0.05, 0) is 6.92 Å². The molecule has 7 rings (SSSR count). The summed E-state index contributed by atoms with van der Waals surface area (Å²) in [5, 5.41) is 174. The molecule has 0 bridgehead atoms. The lowest BCUT2D eigenvalue weighted by Crippen LogP contribution is -2.72. The summed E-state index contributed by atoms with van der Waals surface area (Å²) < 4.78 is 228. The Morgan fingerprint density at radius 2 is 0.627 bits per heavy atom. The number of aliphatic hydroxyl groups excluding tert-OH is 15. The number of carbonyl (C=O) groups excluding carboxylic acids is 3. The summed E-state index contributed by atoms with van der Waals surface area (Å²) >= 11 is 0. The smallest absolute Gasteiger partial charge is 0.394 e. The van der Waals surface area contributed by atoms with Crippen LogP contribution in [0.5, 0.6) is 0 Å². The largest absolute Gasteiger partial charge is 0.397 e. The van der Waals surface area contributed by atoms with Crippen molar-refractivity contribution in [2.24, 2.45) is 0 Å². The lowest BCUT2D eigenvalue weighted by atomic mass is 9.93. The maximum atomic E-state index is 13.5. The van der Waals surface area contributed by atoms with E-state index in [0.717, 1.165) is 27.7 Å². The third-order valence-electron chi connectivity index (χ3n) is 16.5. The highest BCUT2D eigenvalue weighted by atomic mass is 32.3. The minimum Gasteiger partial charge on any atom is -0.394 e. The molecule has 0 aromatic carbocycles. The fraction of sp³-hybridized carbons (Fsp3) is 0.938. The number of rotatable bonds is 29. The molecule has 22 N–H and O–H groups in total. The van der Waals surface area contributed by atoms with Crippen molar-refractivity contribution in [3.05, 3.63) is 0 Å². The number of nitrogens with one attached hydrogen (secondary N) is 3. The van der Waals surface area contributed by atoms with Gasteiger partial charge in [-0.25, -0.2) is 16.7 Å². The molecule has 0 radical (unpaired) electrons. The van der Waals surface area contributed by atoms with Crippen molar-refractivity contribution in [3.8, 4) is 0 Å². The van der Waals surface area contributed by atoms with Crippen molar-refractivity contribution in [3.63, 3.8) is 0 Å². The first kappa shape index (κ1) is 86.0. The summed E-state index contributed by atoms with van der Waals surface area (Å²) in [4.78, 5) is 38.7. The summed E-state index contributed by atoms with van der Waals surface area (Å²) in [5.74, 6) is -3.25. The molecule has 50 nitrogen and oxygen atoms in total. The summed E-state index contributed by atoms with van der Waals surface area (Å²) in [7, 11) is -22.2. The van der Waals surface area contributed by atoms with Gasteiger partial charge in [0.2, 0.25) is 17.7 Å². The van der Waals surface area contributed by atoms with E-state index < -0.39 is 314 Å². The minimum absolute atomic E-state index is 0.767. The molecule has 7 fully saturated rings. The molecule has 7 heterocycles. The average molecular weight is 1580 g/mol. The van der Waals surface area contributed by atoms with E-state index in [9.17, 15) is 143 Å². The standard InChI is InChI=1S/C48H81N3O47S4/c1-11-24(57)31(64)32(65)46(86-11)95-38-23(51-14(4)56)45(92-20(10-85-102(79,80)81)37(38)94-47-34(67)40(27(60)16(6-53)88-47)97-43-21(49-12(2)54)29(62)25(58)17(89-43)7-82-99(70,71)72)98-41-28(61)18(8-83-100(73,74)75)90-48(35(41)68)93-36-19(9-84-101(76,77)78)91-44(22(30(36)63)50-13(3)55)96-39-26(59)15(5-52)87-42(69)33(39)66/h11,15-48,52-53,57-69H,5-10H2,1-4H3,(H,49,54)(H,50,55)(H,51,56)(H,70,71,72)(H,73,74,75)(H,76,77,78)(H,79,80,81)/t11-,15+,16+,17+,18+,19+,20+,21+,22+,23+,24+,25+,26-,27-,28-,29+,30+,31+,32-,33+,34+,35+,36+,37+,38+,39-,40-,41-,42?,43-,44-,45-,46-,47-,48-/m0/s1. The van der Waals surface area contributed by atoms with Crippen LogP contribution in [0.25, 0.3) is 0 Å². The van der Waals surface area contributed by atoms with E-state index in [1.165, 1.54) is 0 Å². The van der Waals surface area contributed by atoms with Gasteiger partial charge < -0.3 is 154 Å². The van der Waals surface area contributed by atoms with E-state index >= 15 is 0 Å². The van der Waals surface area contributed by atoms with Gasteiger partial charge in [0, 0.05) is 20.8 Å². The van der Waals surface area contributed by atoms with Crippen molar-refractivity contribution in [2.45, 2.75) is 242 Å². The van der Waals surface area contributed by atoms with E-state index in [1.807, 2.05) is 0 Å². The zero-order valence-corrected chi connectivity index (χ0v) is 56.3. The molecule has 35 atom stereocenters. The van der Waals surface area contributed by atoms with Crippen LogP contribution in [0.2, 0.25) is 0 Å².